The summed E-state index contributed by atoms with van der Waals surface area (Å²) in [5.41, 5.74) is 11.2. The molecule has 0 unspecified atom stereocenters. The Balaban J connectivity index is 2.07. The van der Waals surface area contributed by atoms with Crippen molar-refractivity contribution in [1.29, 1.82) is 0 Å². The quantitative estimate of drug-likeness (QED) is 0.616. The molecule has 80 valence electrons. The second kappa shape index (κ2) is 4.79. The SMILES string of the molecule is [N-]=[N+]=C1C=CC(Nc2ccc(Cl)cc2)=CC1. The maximum Gasteiger partial charge on any atom is 0.295 e. The van der Waals surface area contributed by atoms with E-state index < -0.39 is 0 Å². The van der Waals surface area contributed by atoms with Crippen LogP contribution >= 0.6 is 11.6 Å². The summed E-state index contributed by atoms with van der Waals surface area (Å²) in [6.07, 6.45) is 6.23. The third-order valence-electron chi connectivity index (χ3n) is 2.25. The van der Waals surface area contributed by atoms with E-state index in [-0.39, 0.29) is 0 Å². The molecule has 0 fully saturated rings. The molecule has 0 saturated carbocycles. The van der Waals surface area contributed by atoms with Crippen molar-refractivity contribution in [3.8, 4) is 0 Å². The van der Waals surface area contributed by atoms with Crippen molar-refractivity contribution in [3.05, 3.63) is 58.7 Å². The van der Waals surface area contributed by atoms with E-state index in [1.807, 2.05) is 36.4 Å². The summed E-state index contributed by atoms with van der Waals surface area (Å²) in [6, 6.07) is 7.48. The number of benzene rings is 1. The van der Waals surface area contributed by atoms with E-state index in [4.69, 9.17) is 17.1 Å². The monoisotopic (exact) mass is 231 g/mol. The molecular formula is C12H10ClN3. The Hall–Kier alpha value is -1.83. The first-order valence-electron chi connectivity index (χ1n) is 4.90. The summed E-state index contributed by atoms with van der Waals surface area (Å²) in [4.78, 5) is 3.14. The van der Waals surface area contributed by atoms with E-state index >= 15 is 0 Å². The highest BCUT2D eigenvalue weighted by atomic mass is 35.5. The fourth-order valence-corrected chi connectivity index (χ4v) is 1.53. The van der Waals surface area contributed by atoms with E-state index in [9.17, 15) is 0 Å². The first-order chi connectivity index (χ1) is 7.78. The minimum absolute atomic E-state index is 0.628. The first-order valence-corrected chi connectivity index (χ1v) is 5.27. The van der Waals surface area contributed by atoms with E-state index in [2.05, 4.69) is 10.1 Å². The number of halogens is 1. The Morgan fingerprint density at radius 1 is 1.19 bits per heavy atom. The summed E-state index contributed by atoms with van der Waals surface area (Å²) in [5.74, 6) is 0. The molecule has 4 heteroatoms. The Bertz CT molecular complexity index is 494. The molecule has 1 aromatic carbocycles. The minimum atomic E-state index is 0.628. The van der Waals surface area contributed by atoms with E-state index in [1.165, 1.54) is 0 Å². The van der Waals surface area contributed by atoms with Gasteiger partial charge in [0.1, 0.15) is 0 Å². The van der Waals surface area contributed by atoms with Gasteiger partial charge in [-0.25, -0.2) is 0 Å². The van der Waals surface area contributed by atoms with Gasteiger partial charge < -0.3 is 10.8 Å². The maximum atomic E-state index is 8.57. The molecule has 0 radical (unpaired) electrons. The van der Waals surface area contributed by atoms with Crippen LogP contribution in [0.1, 0.15) is 6.42 Å². The normalized spacial score (nSPS) is 14.3. The molecule has 1 aliphatic carbocycles. The number of hydrogen-bond acceptors (Lipinski definition) is 1. The molecule has 0 atom stereocenters. The van der Waals surface area contributed by atoms with Gasteiger partial charge in [0, 0.05) is 22.5 Å². The standard InChI is InChI=1S/C12H10ClN3/c13-9-1-3-10(4-2-9)15-11-5-7-12(16-14)8-6-11/h1-7,15H,8H2. The predicted octanol–water partition coefficient (Wildman–Crippen LogP) is 3.27. The third kappa shape index (κ3) is 2.60. The van der Waals surface area contributed by atoms with Gasteiger partial charge in [0.05, 0.1) is 6.42 Å². The van der Waals surface area contributed by atoms with Crippen molar-refractivity contribution >= 4 is 23.0 Å². The molecule has 1 aliphatic rings. The summed E-state index contributed by atoms with van der Waals surface area (Å²) in [7, 11) is 0. The maximum absolute atomic E-state index is 8.57. The molecule has 0 aliphatic heterocycles. The van der Waals surface area contributed by atoms with E-state index in [0.29, 0.717) is 17.2 Å². The molecule has 2 rings (SSSR count). The minimum Gasteiger partial charge on any atom is -0.361 e. The Labute approximate surface area is 98.7 Å². The van der Waals surface area contributed by atoms with Crippen LogP contribution in [0.15, 0.2) is 48.2 Å². The van der Waals surface area contributed by atoms with Crippen molar-refractivity contribution in [3.63, 3.8) is 0 Å². The summed E-state index contributed by atoms with van der Waals surface area (Å²) < 4.78 is 0. The lowest BCUT2D eigenvalue weighted by Gasteiger charge is -2.08. The zero-order valence-corrected chi connectivity index (χ0v) is 9.28. The molecule has 1 aromatic rings. The molecule has 0 heterocycles. The van der Waals surface area contributed by atoms with Crippen LogP contribution < -0.4 is 5.32 Å². The number of nitrogens with one attached hydrogen (secondary N) is 1. The van der Waals surface area contributed by atoms with E-state index in [0.717, 1.165) is 11.4 Å². The summed E-state index contributed by atoms with van der Waals surface area (Å²) in [5, 5.41) is 3.95. The fraction of sp³-hybridized carbons (Fsp3) is 0.0833. The van der Waals surface area contributed by atoms with Crippen LogP contribution in [0.5, 0.6) is 0 Å². The number of anilines is 1. The molecule has 3 nitrogen and oxygen atoms in total. The average Bonchev–Trinajstić information content (AvgIpc) is 2.33. The topological polar surface area (TPSA) is 48.4 Å². The van der Waals surface area contributed by atoms with Gasteiger partial charge in [0.25, 0.3) is 5.71 Å². The lowest BCUT2D eigenvalue weighted by atomic mass is 10.1. The Kier molecular flexibility index (Phi) is 3.20. The molecule has 0 aromatic heterocycles. The van der Waals surface area contributed by atoms with Crippen molar-refractivity contribution in [1.82, 2.24) is 0 Å². The first kappa shape index (κ1) is 10.7. The highest BCUT2D eigenvalue weighted by molar-refractivity contribution is 6.30. The smallest absolute Gasteiger partial charge is 0.295 e. The molecule has 0 amide bonds. The highest BCUT2D eigenvalue weighted by Gasteiger charge is 2.07. The Morgan fingerprint density at radius 3 is 2.50 bits per heavy atom. The van der Waals surface area contributed by atoms with Crippen LogP contribution in [-0.2, 0) is 0 Å². The van der Waals surface area contributed by atoms with Crippen molar-refractivity contribution in [2.24, 2.45) is 0 Å². The predicted molar refractivity (Wildman–Crippen MR) is 65.5 cm³/mol. The number of hydrogen-bond donors (Lipinski definition) is 1. The highest BCUT2D eigenvalue weighted by Crippen LogP contribution is 2.17. The largest absolute Gasteiger partial charge is 0.361 e. The van der Waals surface area contributed by atoms with Gasteiger partial charge in [-0.3, -0.25) is 0 Å². The van der Waals surface area contributed by atoms with Crippen molar-refractivity contribution < 1.29 is 4.79 Å². The van der Waals surface area contributed by atoms with Gasteiger partial charge in [0.2, 0.25) is 0 Å². The lowest BCUT2D eigenvalue weighted by molar-refractivity contribution is -0.00540. The molecule has 0 bridgehead atoms. The van der Waals surface area contributed by atoms with Crippen LogP contribution in [0.3, 0.4) is 0 Å². The van der Waals surface area contributed by atoms with Crippen LogP contribution in [0, 0.1) is 0 Å². The third-order valence-corrected chi connectivity index (χ3v) is 2.50. The second-order valence-electron chi connectivity index (χ2n) is 3.42. The second-order valence-corrected chi connectivity index (χ2v) is 3.86. The summed E-state index contributed by atoms with van der Waals surface area (Å²) >= 11 is 5.79. The average molecular weight is 232 g/mol. The molecule has 16 heavy (non-hydrogen) atoms. The van der Waals surface area contributed by atoms with Crippen LogP contribution in [0.2, 0.25) is 5.02 Å². The molecule has 0 spiro atoms. The number of allylic oxidation sites excluding steroid dienone is 3. The van der Waals surface area contributed by atoms with Gasteiger partial charge in [-0.15, -0.1) is 0 Å². The van der Waals surface area contributed by atoms with Gasteiger partial charge in [-0.2, -0.15) is 4.79 Å². The molecule has 1 N–H and O–H groups in total. The van der Waals surface area contributed by atoms with Gasteiger partial charge in [-0.1, -0.05) is 11.6 Å². The summed E-state index contributed by atoms with van der Waals surface area (Å²) in [6.45, 7) is 0. The van der Waals surface area contributed by atoms with Crippen molar-refractivity contribution in [2.75, 3.05) is 5.32 Å². The van der Waals surface area contributed by atoms with Crippen LogP contribution in [0.4, 0.5) is 5.69 Å². The number of nitrogens with zero attached hydrogens (tertiary/aromatic N) is 2. The van der Waals surface area contributed by atoms with Gasteiger partial charge in [0.15, 0.2) is 0 Å². The zero-order valence-electron chi connectivity index (χ0n) is 8.52. The zero-order chi connectivity index (χ0) is 11.4. The fourth-order valence-electron chi connectivity index (χ4n) is 1.40. The number of rotatable bonds is 2. The lowest BCUT2D eigenvalue weighted by Crippen LogP contribution is -2.04. The van der Waals surface area contributed by atoms with Crippen molar-refractivity contribution in [2.45, 2.75) is 6.42 Å². The van der Waals surface area contributed by atoms with Gasteiger partial charge >= 0.3 is 0 Å². The van der Waals surface area contributed by atoms with Crippen LogP contribution in [-0.4, -0.2) is 10.5 Å². The van der Waals surface area contributed by atoms with Crippen LogP contribution in [0.25, 0.3) is 5.53 Å². The molecular weight excluding hydrogens is 222 g/mol. The molecule has 0 saturated heterocycles. The van der Waals surface area contributed by atoms with E-state index in [1.54, 1.807) is 6.08 Å². The van der Waals surface area contributed by atoms with Gasteiger partial charge in [-0.05, 0) is 36.4 Å². The Morgan fingerprint density at radius 2 is 1.94 bits per heavy atom.